The topological polar surface area (TPSA) is 6.02 Å². The molecule has 1 rings (SSSR count). The molecular weight excluding hydrogens is 112 g/mol. The van der Waals surface area contributed by atoms with Gasteiger partial charge in [0.05, 0.1) is 0 Å². The van der Waals surface area contributed by atoms with Crippen LogP contribution < -0.4 is 0 Å². The van der Waals surface area contributed by atoms with E-state index < -0.39 is 0 Å². The van der Waals surface area contributed by atoms with E-state index in [9.17, 15) is 0 Å². The molecule has 9 heavy (non-hydrogen) atoms. The summed E-state index contributed by atoms with van der Waals surface area (Å²) in [7, 11) is 1.94. The van der Waals surface area contributed by atoms with Crippen molar-refractivity contribution in [2.24, 2.45) is 0 Å². The summed E-state index contributed by atoms with van der Waals surface area (Å²) in [5.74, 6) is 0. The quantitative estimate of drug-likeness (QED) is 0.371. The van der Waals surface area contributed by atoms with Crippen molar-refractivity contribution in [2.45, 2.75) is 0 Å². The van der Waals surface area contributed by atoms with Crippen molar-refractivity contribution < 1.29 is 9.15 Å². The van der Waals surface area contributed by atoms with Gasteiger partial charge in [0, 0.05) is 0 Å². The smallest absolute Gasteiger partial charge is 0.0972 e. The second-order valence-electron chi connectivity index (χ2n) is 1.95. The Balaban J connectivity index is 2.74. The predicted molar refractivity (Wildman–Crippen MR) is 35.7 cm³/mol. The first kappa shape index (κ1) is 5.99. The highest BCUT2D eigenvalue weighted by atomic mass is 15.1. The zero-order chi connectivity index (χ0) is 6.69. The summed E-state index contributed by atoms with van der Waals surface area (Å²) in [6.07, 6.45) is 5.75. The van der Waals surface area contributed by atoms with Gasteiger partial charge in [-0.2, -0.15) is 0 Å². The summed E-state index contributed by atoms with van der Waals surface area (Å²) in [5, 5.41) is 0. The van der Waals surface area contributed by atoms with Crippen LogP contribution >= 0.6 is 0 Å². The highest BCUT2D eigenvalue weighted by Crippen LogP contribution is 1.83. The summed E-state index contributed by atoms with van der Waals surface area (Å²) >= 11 is 0. The van der Waals surface area contributed by atoms with Gasteiger partial charge < -0.3 is 0 Å². The Hall–Kier alpha value is -1.14. The first-order valence-corrected chi connectivity index (χ1v) is 2.88. The largest absolute Gasteiger partial charge is 0.488 e. The van der Waals surface area contributed by atoms with Crippen molar-refractivity contribution in [2.75, 3.05) is 13.6 Å². The van der Waals surface area contributed by atoms with Crippen molar-refractivity contribution in [3.05, 3.63) is 25.1 Å². The first-order chi connectivity index (χ1) is 4.33. The van der Waals surface area contributed by atoms with Gasteiger partial charge in [-0.3, -0.25) is 0 Å². The molecule has 0 amide bonds. The number of rotatable bonds is 2. The van der Waals surface area contributed by atoms with Crippen molar-refractivity contribution >= 4 is 6.01 Å². The highest BCUT2D eigenvalue weighted by Gasteiger charge is 2.08. The fourth-order valence-electron chi connectivity index (χ4n) is 0.691. The zero-order valence-electron chi connectivity index (χ0n) is 5.54. The number of hydrogen-bond acceptors (Lipinski definition) is 0. The Bertz CT molecular complexity index is 217. The van der Waals surface area contributed by atoms with Gasteiger partial charge in [-0.1, -0.05) is 15.7 Å². The van der Waals surface area contributed by atoms with Crippen LogP contribution in [0, 0.1) is 0 Å². The molecule has 0 aromatic carbocycles. The fraction of sp³-hybridized carbons (Fsp3) is 0.286. The van der Waals surface area contributed by atoms with Gasteiger partial charge >= 0.3 is 6.01 Å². The maximum absolute atomic E-state index is 3.62. The lowest BCUT2D eigenvalue weighted by molar-refractivity contribution is -0.462. The van der Waals surface area contributed by atoms with E-state index >= 15 is 0 Å². The van der Waals surface area contributed by atoms with E-state index in [-0.39, 0.29) is 0 Å². The molecule has 1 aliphatic heterocycles. The summed E-state index contributed by atoms with van der Waals surface area (Å²) in [6, 6.07) is 3.04. The average Bonchev–Trinajstić information content (AvgIpc) is 2.17. The van der Waals surface area contributed by atoms with Crippen molar-refractivity contribution in [1.82, 2.24) is 0 Å². The summed E-state index contributed by atoms with van der Waals surface area (Å²) in [5.41, 5.74) is 0. The Labute approximate surface area is 54.8 Å². The molecule has 0 unspecified atom stereocenters. The molecule has 0 aromatic rings. The predicted octanol–water partition coefficient (Wildman–Crippen LogP) is 0.486. The van der Waals surface area contributed by atoms with E-state index in [1.807, 2.05) is 34.7 Å². The third-order valence-corrected chi connectivity index (χ3v) is 1.08. The Morgan fingerprint density at radius 1 is 1.67 bits per heavy atom. The summed E-state index contributed by atoms with van der Waals surface area (Å²) < 4.78 is 3.82. The van der Waals surface area contributed by atoms with Crippen LogP contribution in [-0.2, 0) is 0 Å². The van der Waals surface area contributed by atoms with Gasteiger partial charge in [0.15, 0.2) is 13.6 Å². The van der Waals surface area contributed by atoms with Crippen LogP contribution in [0.25, 0.3) is 0 Å². The fourth-order valence-corrected chi connectivity index (χ4v) is 0.691. The van der Waals surface area contributed by atoms with E-state index in [1.54, 1.807) is 0 Å². The number of hydrogen-bond donors (Lipinski definition) is 0. The molecule has 46 valence electrons. The van der Waals surface area contributed by atoms with Crippen molar-refractivity contribution in [3.63, 3.8) is 0 Å². The second-order valence-corrected chi connectivity index (χ2v) is 1.95. The number of nitrogens with zero attached hydrogens (tertiary/aromatic N) is 2. The van der Waals surface area contributed by atoms with Crippen molar-refractivity contribution in [3.8, 4) is 0 Å². The van der Waals surface area contributed by atoms with Gasteiger partial charge in [-0.15, -0.1) is 0 Å². The minimum atomic E-state index is 0.834. The minimum absolute atomic E-state index is 0.834. The molecule has 0 atom stereocenters. The molecule has 0 fully saturated rings. The molecule has 0 saturated heterocycles. The SMILES string of the molecule is C=CC[N+]1=C=[N+](C)C=C1. The molecule has 0 bridgehead atoms. The molecule has 0 aliphatic carbocycles. The molecule has 0 N–H and O–H groups in total. The average molecular weight is 122 g/mol. The van der Waals surface area contributed by atoms with Crippen molar-refractivity contribution in [1.29, 1.82) is 0 Å². The standard InChI is InChI=1S/C7H10N2/c1-3-4-9-6-5-8(2)7-9/h3,5-6H,1,4H2,2H3/q+2. The molecule has 1 heterocycles. The van der Waals surface area contributed by atoms with E-state index in [4.69, 9.17) is 0 Å². The highest BCUT2D eigenvalue weighted by molar-refractivity contribution is 5.29. The van der Waals surface area contributed by atoms with Crippen LogP contribution in [0.4, 0.5) is 0 Å². The Morgan fingerprint density at radius 2 is 2.44 bits per heavy atom. The normalized spacial score (nSPS) is 15.2. The van der Waals surface area contributed by atoms with Crippen LogP contribution in [0.1, 0.15) is 0 Å². The molecule has 2 nitrogen and oxygen atoms in total. The second kappa shape index (κ2) is 2.42. The first-order valence-electron chi connectivity index (χ1n) is 2.88. The molecular formula is C7H10N2+2. The molecule has 0 aromatic heterocycles. The van der Waals surface area contributed by atoms with Gasteiger partial charge in [0.1, 0.15) is 0 Å². The van der Waals surface area contributed by atoms with Crippen LogP contribution in [-0.4, -0.2) is 28.8 Å². The maximum Gasteiger partial charge on any atom is 0.488 e. The van der Waals surface area contributed by atoms with Gasteiger partial charge in [0.25, 0.3) is 0 Å². The Morgan fingerprint density at radius 3 is 2.89 bits per heavy atom. The summed E-state index contributed by atoms with van der Waals surface area (Å²) in [6.45, 7) is 4.45. The molecule has 0 spiro atoms. The van der Waals surface area contributed by atoms with E-state index in [2.05, 4.69) is 12.6 Å². The Kier molecular flexibility index (Phi) is 1.61. The monoisotopic (exact) mass is 122 g/mol. The van der Waals surface area contributed by atoms with Crippen LogP contribution in [0.2, 0.25) is 0 Å². The molecule has 1 aliphatic rings. The maximum atomic E-state index is 3.62. The molecule has 2 heteroatoms. The molecule has 0 saturated carbocycles. The van der Waals surface area contributed by atoms with Gasteiger partial charge in [-0.25, -0.2) is 0 Å². The lowest BCUT2D eigenvalue weighted by Gasteiger charge is -1.73. The van der Waals surface area contributed by atoms with E-state index in [1.165, 1.54) is 0 Å². The molecule has 0 radical (unpaired) electrons. The third kappa shape index (κ3) is 1.37. The van der Waals surface area contributed by atoms with E-state index in [0.29, 0.717) is 0 Å². The lowest BCUT2D eigenvalue weighted by atomic mass is 10.6. The third-order valence-electron chi connectivity index (χ3n) is 1.08. The lowest BCUT2D eigenvalue weighted by Crippen LogP contribution is -1.99. The summed E-state index contributed by atoms with van der Waals surface area (Å²) in [4.78, 5) is 0. The van der Waals surface area contributed by atoms with Crippen LogP contribution in [0.3, 0.4) is 0 Å². The van der Waals surface area contributed by atoms with Crippen LogP contribution in [0.5, 0.6) is 0 Å². The van der Waals surface area contributed by atoms with Gasteiger partial charge in [0.2, 0.25) is 12.4 Å². The zero-order valence-corrected chi connectivity index (χ0v) is 5.54. The van der Waals surface area contributed by atoms with Gasteiger partial charge in [-0.05, 0) is 6.08 Å². The van der Waals surface area contributed by atoms with Crippen LogP contribution in [0.15, 0.2) is 25.1 Å². The van der Waals surface area contributed by atoms with E-state index in [0.717, 1.165) is 6.54 Å². The minimum Gasteiger partial charge on any atom is -0.0972 e.